The van der Waals surface area contributed by atoms with Gasteiger partial charge in [0, 0.05) is 0 Å². The molecule has 0 radical (unpaired) electrons. The topological polar surface area (TPSA) is 41.5 Å². The molecule has 1 aromatic rings. The minimum Gasteiger partial charge on any atom is -0.494 e. The monoisotopic (exact) mass is 235 g/mol. The van der Waals surface area contributed by atoms with E-state index in [-0.39, 0.29) is 0 Å². The molecule has 0 aromatic heterocycles. The van der Waals surface area contributed by atoms with Crippen molar-refractivity contribution in [2.45, 2.75) is 31.8 Å². The molecule has 1 saturated heterocycles. The fourth-order valence-corrected chi connectivity index (χ4v) is 2.37. The van der Waals surface area contributed by atoms with Crippen molar-refractivity contribution in [3.05, 3.63) is 29.8 Å². The Bertz CT molecular complexity index is 340. The number of ether oxygens (including phenoxy) is 1. The average molecular weight is 235 g/mol. The average Bonchev–Trinajstić information content (AvgIpc) is 2.56. The minimum absolute atomic E-state index is 0.672. The smallest absolute Gasteiger partial charge is 0.119 e. The number of hydrogen-bond donors (Lipinski definition) is 2. The van der Waals surface area contributed by atoms with E-state index in [4.69, 9.17) is 4.74 Å². The van der Waals surface area contributed by atoms with E-state index in [0.717, 1.165) is 43.7 Å². The van der Waals surface area contributed by atoms with E-state index in [9.17, 15) is 5.11 Å². The van der Waals surface area contributed by atoms with Crippen molar-refractivity contribution in [2.24, 2.45) is 0 Å². The van der Waals surface area contributed by atoms with Gasteiger partial charge in [0.15, 0.2) is 0 Å². The fraction of sp³-hybridized carbons (Fsp3) is 0.571. The molecule has 1 atom stereocenters. The number of aliphatic hydroxyl groups is 1. The van der Waals surface area contributed by atoms with Gasteiger partial charge in [-0.05, 0) is 57.0 Å². The van der Waals surface area contributed by atoms with Gasteiger partial charge in [0.05, 0.1) is 12.2 Å². The first-order chi connectivity index (χ1) is 8.24. The molecule has 0 bridgehead atoms. The lowest BCUT2D eigenvalue weighted by Gasteiger charge is -2.27. The summed E-state index contributed by atoms with van der Waals surface area (Å²) in [5.74, 6) is 0.867. The van der Waals surface area contributed by atoms with Crippen LogP contribution in [0.2, 0.25) is 0 Å². The quantitative estimate of drug-likeness (QED) is 0.842. The summed E-state index contributed by atoms with van der Waals surface area (Å²) in [6.45, 7) is 4.52. The van der Waals surface area contributed by atoms with Crippen LogP contribution in [-0.4, -0.2) is 24.8 Å². The third kappa shape index (κ3) is 2.99. The highest BCUT2D eigenvalue weighted by Crippen LogP contribution is 2.32. The van der Waals surface area contributed by atoms with Gasteiger partial charge in [-0.15, -0.1) is 0 Å². The second kappa shape index (κ2) is 5.52. The van der Waals surface area contributed by atoms with Crippen LogP contribution in [0, 0.1) is 0 Å². The van der Waals surface area contributed by atoms with Crippen molar-refractivity contribution < 1.29 is 9.84 Å². The molecule has 0 aliphatic carbocycles. The van der Waals surface area contributed by atoms with Crippen molar-refractivity contribution in [3.63, 3.8) is 0 Å². The molecule has 2 rings (SSSR count). The molecule has 1 unspecified atom stereocenters. The third-order valence-corrected chi connectivity index (χ3v) is 3.36. The highest BCUT2D eigenvalue weighted by molar-refractivity contribution is 5.31. The molecule has 17 heavy (non-hydrogen) atoms. The van der Waals surface area contributed by atoms with Gasteiger partial charge in [-0.25, -0.2) is 0 Å². The number of nitrogens with one attached hydrogen (secondary N) is 1. The summed E-state index contributed by atoms with van der Waals surface area (Å²) in [4.78, 5) is 0. The van der Waals surface area contributed by atoms with Gasteiger partial charge in [-0.2, -0.15) is 0 Å². The largest absolute Gasteiger partial charge is 0.494 e. The molecular formula is C14H21NO2. The summed E-state index contributed by atoms with van der Waals surface area (Å²) >= 11 is 0. The van der Waals surface area contributed by atoms with Crippen LogP contribution in [0.3, 0.4) is 0 Å². The van der Waals surface area contributed by atoms with Crippen molar-refractivity contribution in [1.29, 1.82) is 0 Å². The molecule has 0 saturated carbocycles. The van der Waals surface area contributed by atoms with Crippen molar-refractivity contribution >= 4 is 0 Å². The van der Waals surface area contributed by atoms with Crippen LogP contribution < -0.4 is 10.1 Å². The van der Waals surface area contributed by atoms with Crippen LogP contribution in [0.5, 0.6) is 5.75 Å². The Hall–Kier alpha value is -1.06. The molecule has 1 aliphatic heterocycles. The SMILES string of the molecule is CCOc1ccc(C2(O)CCCNCC2)cc1. The summed E-state index contributed by atoms with van der Waals surface area (Å²) in [5, 5.41) is 14.0. The zero-order valence-electron chi connectivity index (χ0n) is 10.4. The Balaban J connectivity index is 2.14. The Morgan fingerprint density at radius 2 is 2.00 bits per heavy atom. The van der Waals surface area contributed by atoms with Crippen LogP contribution in [-0.2, 0) is 5.60 Å². The number of rotatable bonds is 3. The molecular weight excluding hydrogens is 214 g/mol. The molecule has 1 fully saturated rings. The fourth-order valence-electron chi connectivity index (χ4n) is 2.37. The lowest BCUT2D eigenvalue weighted by atomic mass is 9.87. The Morgan fingerprint density at radius 1 is 1.24 bits per heavy atom. The summed E-state index contributed by atoms with van der Waals surface area (Å²) in [6, 6.07) is 7.84. The standard InChI is InChI=1S/C14H21NO2/c1-2-17-13-6-4-12(5-7-13)14(16)8-3-10-15-11-9-14/h4-7,15-16H,2-3,8-11H2,1H3. The van der Waals surface area contributed by atoms with Crippen molar-refractivity contribution in [3.8, 4) is 5.75 Å². The second-order valence-electron chi connectivity index (χ2n) is 4.59. The molecule has 0 amide bonds. The molecule has 0 spiro atoms. The number of hydrogen-bond acceptors (Lipinski definition) is 3. The van der Waals surface area contributed by atoms with Crippen LogP contribution in [0.4, 0.5) is 0 Å². The lowest BCUT2D eigenvalue weighted by molar-refractivity contribution is 0.0240. The van der Waals surface area contributed by atoms with E-state index in [2.05, 4.69) is 5.32 Å². The second-order valence-corrected chi connectivity index (χ2v) is 4.59. The van der Waals surface area contributed by atoms with Crippen LogP contribution in [0.25, 0.3) is 0 Å². The first-order valence-electron chi connectivity index (χ1n) is 6.41. The molecule has 94 valence electrons. The zero-order valence-corrected chi connectivity index (χ0v) is 10.4. The van der Waals surface area contributed by atoms with Crippen LogP contribution in [0.15, 0.2) is 24.3 Å². The van der Waals surface area contributed by atoms with Gasteiger partial charge in [0.1, 0.15) is 5.75 Å². The maximum Gasteiger partial charge on any atom is 0.119 e. The predicted octanol–water partition coefficient (Wildman–Crippen LogP) is 2.05. The molecule has 3 nitrogen and oxygen atoms in total. The first kappa shape index (κ1) is 12.4. The molecule has 1 heterocycles. The van der Waals surface area contributed by atoms with Gasteiger partial charge >= 0.3 is 0 Å². The van der Waals surface area contributed by atoms with Crippen molar-refractivity contribution in [2.75, 3.05) is 19.7 Å². The van der Waals surface area contributed by atoms with Crippen molar-refractivity contribution in [1.82, 2.24) is 5.32 Å². The molecule has 1 aromatic carbocycles. The van der Waals surface area contributed by atoms with E-state index < -0.39 is 5.60 Å². The predicted molar refractivity (Wildman–Crippen MR) is 68.2 cm³/mol. The maximum atomic E-state index is 10.7. The third-order valence-electron chi connectivity index (χ3n) is 3.36. The van der Waals surface area contributed by atoms with E-state index in [1.807, 2.05) is 31.2 Å². The summed E-state index contributed by atoms with van der Waals surface area (Å²) in [5.41, 5.74) is 0.332. The normalized spacial score (nSPS) is 25.3. The minimum atomic E-state index is -0.672. The Kier molecular flexibility index (Phi) is 4.02. The van der Waals surface area contributed by atoms with Crippen LogP contribution >= 0.6 is 0 Å². The van der Waals surface area contributed by atoms with E-state index in [1.54, 1.807) is 0 Å². The molecule has 1 aliphatic rings. The van der Waals surface area contributed by atoms with Gasteiger partial charge < -0.3 is 15.2 Å². The Labute approximate surface area is 103 Å². The summed E-state index contributed by atoms with van der Waals surface area (Å²) in [6.07, 6.45) is 2.62. The maximum absolute atomic E-state index is 10.7. The highest BCUT2D eigenvalue weighted by Gasteiger charge is 2.29. The highest BCUT2D eigenvalue weighted by atomic mass is 16.5. The summed E-state index contributed by atoms with van der Waals surface area (Å²) < 4.78 is 5.41. The van der Waals surface area contributed by atoms with E-state index >= 15 is 0 Å². The van der Waals surface area contributed by atoms with E-state index in [1.165, 1.54) is 0 Å². The van der Waals surface area contributed by atoms with Gasteiger partial charge in [-0.1, -0.05) is 12.1 Å². The zero-order chi connectivity index (χ0) is 12.1. The van der Waals surface area contributed by atoms with Crippen LogP contribution in [0.1, 0.15) is 31.7 Å². The summed E-state index contributed by atoms with van der Waals surface area (Å²) in [7, 11) is 0. The van der Waals surface area contributed by atoms with Gasteiger partial charge in [0.25, 0.3) is 0 Å². The van der Waals surface area contributed by atoms with Gasteiger partial charge in [-0.3, -0.25) is 0 Å². The molecule has 2 N–H and O–H groups in total. The number of benzene rings is 1. The lowest BCUT2D eigenvalue weighted by Crippen LogP contribution is -2.27. The van der Waals surface area contributed by atoms with Gasteiger partial charge in [0.2, 0.25) is 0 Å². The molecule has 3 heteroatoms. The Morgan fingerprint density at radius 3 is 2.71 bits per heavy atom. The van der Waals surface area contributed by atoms with E-state index in [0.29, 0.717) is 6.61 Å². The first-order valence-corrected chi connectivity index (χ1v) is 6.41.